The van der Waals surface area contributed by atoms with Crippen LogP contribution in [0.3, 0.4) is 0 Å². The molecule has 5 nitrogen and oxygen atoms in total. The van der Waals surface area contributed by atoms with Gasteiger partial charge >= 0.3 is 0 Å². The normalized spacial score (nSPS) is 21.3. The summed E-state index contributed by atoms with van der Waals surface area (Å²) in [5, 5.41) is 0. The van der Waals surface area contributed by atoms with Gasteiger partial charge in [0.1, 0.15) is 12.0 Å². The van der Waals surface area contributed by atoms with Gasteiger partial charge in [-0.25, -0.2) is 8.42 Å². The lowest BCUT2D eigenvalue weighted by Gasteiger charge is -2.32. The van der Waals surface area contributed by atoms with E-state index < -0.39 is 16.3 Å². The van der Waals surface area contributed by atoms with Crippen molar-refractivity contribution in [1.82, 2.24) is 4.31 Å². The van der Waals surface area contributed by atoms with Gasteiger partial charge in [0.25, 0.3) is 0 Å². The molecule has 1 aliphatic rings. The Kier molecular flexibility index (Phi) is 4.13. The Bertz CT molecular complexity index is 556. The number of ether oxygens (including phenoxy) is 2. The average Bonchev–Trinajstić information content (AvgIpc) is 2.39. The summed E-state index contributed by atoms with van der Waals surface area (Å²) >= 11 is 0. The number of rotatable bonds is 3. The Morgan fingerprint density at radius 1 is 1.42 bits per heavy atom. The highest BCUT2D eigenvalue weighted by Crippen LogP contribution is 2.26. The van der Waals surface area contributed by atoms with Crippen LogP contribution in [-0.2, 0) is 14.8 Å². The second-order valence-electron chi connectivity index (χ2n) is 4.57. The van der Waals surface area contributed by atoms with E-state index in [0.717, 1.165) is 12.0 Å². The van der Waals surface area contributed by atoms with Crippen molar-refractivity contribution in [3.05, 3.63) is 23.8 Å². The molecule has 1 heterocycles. The topological polar surface area (TPSA) is 55.8 Å². The van der Waals surface area contributed by atoms with Crippen molar-refractivity contribution in [3.8, 4) is 5.75 Å². The first-order chi connectivity index (χ1) is 8.96. The molecule has 0 N–H and O–H groups in total. The Morgan fingerprint density at radius 3 is 2.74 bits per heavy atom. The van der Waals surface area contributed by atoms with Crippen LogP contribution in [-0.4, -0.2) is 39.2 Å². The van der Waals surface area contributed by atoms with Crippen LogP contribution >= 0.6 is 0 Å². The zero-order chi connectivity index (χ0) is 14.0. The lowest BCUT2D eigenvalue weighted by atomic mass is 10.2. The molecule has 2 rings (SSSR count). The van der Waals surface area contributed by atoms with Crippen LogP contribution in [0.25, 0.3) is 0 Å². The van der Waals surface area contributed by atoms with Crippen molar-refractivity contribution in [2.45, 2.75) is 31.4 Å². The largest absolute Gasteiger partial charge is 0.496 e. The van der Waals surface area contributed by atoms with Gasteiger partial charge in [-0.1, -0.05) is 0 Å². The van der Waals surface area contributed by atoms with Crippen LogP contribution in [0.5, 0.6) is 5.75 Å². The molecule has 1 saturated heterocycles. The van der Waals surface area contributed by atoms with Gasteiger partial charge in [-0.2, -0.15) is 4.31 Å². The molecule has 6 heteroatoms. The molecule has 0 spiro atoms. The van der Waals surface area contributed by atoms with Crippen molar-refractivity contribution in [2.24, 2.45) is 0 Å². The molecular weight excluding hydrogens is 266 g/mol. The van der Waals surface area contributed by atoms with E-state index >= 15 is 0 Å². The minimum Gasteiger partial charge on any atom is -0.496 e. The van der Waals surface area contributed by atoms with Crippen molar-refractivity contribution >= 4 is 10.0 Å². The highest BCUT2D eigenvalue weighted by molar-refractivity contribution is 7.89. The fourth-order valence-corrected chi connectivity index (χ4v) is 3.86. The molecule has 0 saturated carbocycles. The molecule has 1 aromatic carbocycles. The van der Waals surface area contributed by atoms with Gasteiger partial charge in [-0.3, -0.25) is 0 Å². The third kappa shape index (κ3) is 2.75. The summed E-state index contributed by atoms with van der Waals surface area (Å²) in [7, 11) is -1.94. The van der Waals surface area contributed by atoms with Gasteiger partial charge in [-0.05, 0) is 44.0 Å². The van der Waals surface area contributed by atoms with Gasteiger partial charge in [0.2, 0.25) is 10.0 Å². The Balaban J connectivity index is 2.36. The van der Waals surface area contributed by atoms with E-state index in [-0.39, 0.29) is 4.90 Å². The van der Waals surface area contributed by atoms with Gasteiger partial charge < -0.3 is 9.47 Å². The summed E-state index contributed by atoms with van der Waals surface area (Å²) in [5.74, 6) is 0.682. The monoisotopic (exact) mass is 285 g/mol. The molecular formula is C13H19NO4S. The standard InChI is InChI=1S/C13H19NO4S/c1-10-9-12(5-6-13(10)17-3)19(15,16)14-7-4-8-18-11(14)2/h5-6,9,11H,4,7-8H2,1-3H3. The van der Waals surface area contributed by atoms with Crippen molar-refractivity contribution in [3.63, 3.8) is 0 Å². The van der Waals surface area contributed by atoms with E-state index in [2.05, 4.69) is 0 Å². The molecule has 0 radical (unpaired) electrons. The second-order valence-corrected chi connectivity index (χ2v) is 6.46. The predicted molar refractivity (Wildman–Crippen MR) is 71.7 cm³/mol. The van der Waals surface area contributed by atoms with Gasteiger partial charge in [-0.15, -0.1) is 0 Å². The van der Waals surface area contributed by atoms with E-state index in [4.69, 9.17) is 9.47 Å². The number of hydrogen-bond acceptors (Lipinski definition) is 4. The van der Waals surface area contributed by atoms with Crippen LogP contribution in [0, 0.1) is 6.92 Å². The summed E-state index contributed by atoms with van der Waals surface area (Å²) in [5.41, 5.74) is 0.800. The first kappa shape index (κ1) is 14.3. The van der Waals surface area contributed by atoms with Crippen molar-refractivity contribution in [2.75, 3.05) is 20.3 Å². The smallest absolute Gasteiger partial charge is 0.245 e. The first-order valence-corrected chi connectivity index (χ1v) is 7.69. The maximum absolute atomic E-state index is 12.6. The van der Waals surface area contributed by atoms with Gasteiger partial charge in [0.05, 0.1) is 12.0 Å². The van der Waals surface area contributed by atoms with E-state index in [0.29, 0.717) is 18.9 Å². The number of aryl methyl sites for hydroxylation is 1. The Hall–Kier alpha value is -1.11. The maximum Gasteiger partial charge on any atom is 0.245 e. The molecule has 0 bridgehead atoms. The fraction of sp³-hybridized carbons (Fsp3) is 0.538. The number of benzene rings is 1. The van der Waals surface area contributed by atoms with Crippen molar-refractivity contribution in [1.29, 1.82) is 0 Å². The number of sulfonamides is 1. The van der Waals surface area contributed by atoms with E-state index in [1.807, 2.05) is 6.92 Å². The molecule has 1 fully saturated rings. The Labute approximate surface area is 114 Å². The summed E-state index contributed by atoms with van der Waals surface area (Å²) in [6.45, 7) is 4.68. The maximum atomic E-state index is 12.6. The van der Waals surface area contributed by atoms with E-state index in [1.165, 1.54) is 4.31 Å². The number of methoxy groups -OCH3 is 1. The van der Waals surface area contributed by atoms with Gasteiger partial charge in [0.15, 0.2) is 0 Å². The molecule has 0 amide bonds. The SMILES string of the molecule is COc1ccc(S(=O)(=O)N2CCCOC2C)cc1C. The highest BCUT2D eigenvalue weighted by Gasteiger charge is 2.31. The zero-order valence-corrected chi connectivity index (χ0v) is 12.2. The predicted octanol–water partition coefficient (Wildman–Crippen LogP) is 1.76. The summed E-state index contributed by atoms with van der Waals surface area (Å²) in [6, 6.07) is 4.88. The molecule has 106 valence electrons. The third-order valence-corrected chi connectivity index (χ3v) is 5.21. The molecule has 19 heavy (non-hydrogen) atoms. The summed E-state index contributed by atoms with van der Waals surface area (Å²) in [4.78, 5) is 0.281. The average molecular weight is 285 g/mol. The van der Waals surface area contributed by atoms with Gasteiger partial charge in [0, 0.05) is 13.2 Å². The molecule has 0 aromatic heterocycles. The van der Waals surface area contributed by atoms with Crippen LogP contribution < -0.4 is 4.74 Å². The summed E-state index contributed by atoms with van der Waals surface area (Å²) in [6.07, 6.45) is 0.305. The summed E-state index contributed by atoms with van der Waals surface area (Å²) < 4.78 is 37.1. The van der Waals surface area contributed by atoms with Crippen LogP contribution in [0.2, 0.25) is 0 Å². The van der Waals surface area contributed by atoms with Crippen LogP contribution in [0.15, 0.2) is 23.1 Å². The molecule has 1 unspecified atom stereocenters. The third-order valence-electron chi connectivity index (χ3n) is 3.26. The highest BCUT2D eigenvalue weighted by atomic mass is 32.2. The quantitative estimate of drug-likeness (QED) is 0.849. The fourth-order valence-electron chi connectivity index (χ4n) is 2.20. The second kappa shape index (κ2) is 5.48. The first-order valence-electron chi connectivity index (χ1n) is 6.25. The van der Waals surface area contributed by atoms with E-state index in [9.17, 15) is 8.42 Å². The molecule has 1 aromatic rings. The number of hydrogen-bond donors (Lipinski definition) is 0. The lowest BCUT2D eigenvalue weighted by molar-refractivity contribution is -0.0410. The van der Waals surface area contributed by atoms with Crippen molar-refractivity contribution < 1.29 is 17.9 Å². The minimum absolute atomic E-state index is 0.281. The molecule has 0 aliphatic carbocycles. The minimum atomic E-state index is -3.51. The van der Waals surface area contributed by atoms with Crippen LogP contribution in [0.1, 0.15) is 18.9 Å². The Morgan fingerprint density at radius 2 is 2.16 bits per heavy atom. The molecule has 1 aliphatic heterocycles. The van der Waals surface area contributed by atoms with E-state index in [1.54, 1.807) is 32.2 Å². The number of nitrogens with zero attached hydrogens (tertiary/aromatic N) is 1. The lowest BCUT2D eigenvalue weighted by Crippen LogP contribution is -2.44. The molecule has 1 atom stereocenters. The zero-order valence-electron chi connectivity index (χ0n) is 11.4. The van der Waals surface area contributed by atoms with Crippen LogP contribution in [0.4, 0.5) is 0 Å².